The quantitative estimate of drug-likeness (QED) is 0.721. The maximum Gasteiger partial charge on any atom is 0.105 e. The average molecular weight is 263 g/mol. The van der Waals surface area contributed by atoms with Gasteiger partial charge < -0.3 is 15.5 Å². The summed E-state index contributed by atoms with van der Waals surface area (Å²) in [5, 5.41) is 6.13. The Morgan fingerprint density at radius 3 is 2.61 bits per heavy atom. The standard InChI is InChI=1S/C14H21N3S/c1-3-7-15-8-9-16-12-14(18)17-10-5-13(4-2)6-11-17/h3,5-11,13,15-16H,4,12H2,1-2H3/b7-3+,9-8-. The number of nitrogens with zero attached hydrogens (tertiary/aromatic N) is 1. The smallest absolute Gasteiger partial charge is 0.105 e. The topological polar surface area (TPSA) is 27.3 Å². The zero-order valence-electron chi connectivity index (χ0n) is 11.0. The van der Waals surface area contributed by atoms with Gasteiger partial charge in [-0.1, -0.05) is 37.4 Å². The van der Waals surface area contributed by atoms with Crippen LogP contribution in [-0.2, 0) is 0 Å². The van der Waals surface area contributed by atoms with Crippen LogP contribution >= 0.6 is 12.2 Å². The van der Waals surface area contributed by atoms with Crippen LogP contribution in [0.1, 0.15) is 20.3 Å². The average Bonchev–Trinajstić information content (AvgIpc) is 2.42. The number of hydrogen-bond acceptors (Lipinski definition) is 3. The molecule has 0 aromatic carbocycles. The fourth-order valence-electron chi connectivity index (χ4n) is 1.46. The van der Waals surface area contributed by atoms with Gasteiger partial charge in [-0.05, 0) is 25.5 Å². The number of allylic oxidation sites excluding steroid dienone is 3. The molecule has 1 heterocycles. The van der Waals surface area contributed by atoms with Crippen LogP contribution < -0.4 is 10.6 Å². The first-order chi connectivity index (χ1) is 8.77. The summed E-state index contributed by atoms with van der Waals surface area (Å²) in [5.41, 5.74) is 0. The highest BCUT2D eigenvalue weighted by molar-refractivity contribution is 7.80. The molecule has 4 heteroatoms. The predicted octanol–water partition coefficient (Wildman–Crippen LogP) is 2.87. The third-order valence-corrected chi connectivity index (χ3v) is 2.92. The minimum absolute atomic E-state index is 0.543. The molecule has 0 saturated heterocycles. The summed E-state index contributed by atoms with van der Waals surface area (Å²) in [5.74, 6) is 0.543. The summed E-state index contributed by atoms with van der Waals surface area (Å²) in [7, 11) is 0. The summed E-state index contributed by atoms with van der Waals surface area (Å²) >= 11 is 5.34. The van der Waals surface area contributed by atoms with Crippen LogP contribution in [0, 0.1) is 5.92 Å². The van der Waals surface area contributed by atoms with E-state index in [1.54, 1.807) is 0 Å². The molecule has 0 bridgehead atoms. The lowest BCUT2D eigenvalue weighted by molar-refractivity contribution is 0.664. The lowest BCUT2D eigenvalue weighted by Crippen LogP contribution is -2.29. The van der Waals surface area contributed by atoms with E-state index in [9.17, 15) is 0 Å². The van der Waals surface area contributed by atoms with E-state index < -0.39 is 0 Å². The predicted molar refractivity (Wildman–Crippen MR) is 81.6 cm³/mol. The van der Waals surface area contributed by atoms with Crippen molar-refractivity contribution < 1.29 is 0 Å². The summed E-state index contributed by atoms with van der Waals surface area (Å²) in [4.78, 5) is 2.83. The molecule has 0 unspecified atom stereocenters. The SMILES string of the molecule is C/C=C/N/C=C\NCC(=S)N1C=CC(CC)C=C1. The summed E-state index contributed by atoms with van der Waals surface area (Å²) < 4.78 is 0. The number of thiocarbonyl (C=S) groups is 1. The molecule has 1 rings (SSSR count). The van der Waals surface area contributed by atoms with Crippen molar-refractivity contribution in [1.29, 1.82) is 0 Å². The van der Waals surface area contributed by atoms with E-state index in [1.165, 1.54) is 0 Å². The van der Waals surface area contributed by atoms with E-state index in [0.29, 0.717) is 12.5 Å². The van der Waals surface area contributed by atoms with Gasteiger partial charge in [0.15, 0.2) is 0 Å². The third-order valence-electron chi connectivity index (χ3n) is 2.56. The summed E-state index contributed by atoms with van der Waals surface area (Å²) in [6.45, 7) is 4.79. The second kappa shape index (κ2) is 8.53. The largest absolute Gasteiger partial charge is 0.383 e. The van der Waals surface area contributed by atoms with Crippen molar-refractivity contribution in [3.05, 3.63) is 49.2 Å². The highest BCUT2D eigenvalue weighted by Gasteiger charge is 2.08. The highest BCUT2D eigenvalue weighted by atomic mass is 32.1. The van der Waals surface area contributed by atoms with Crippen LogP contribution in [0.2, 0.25) is 0 Å². The van der Waals surface area contributed by atoms with E-state index in [0.717, 1.165) is 11.4 Å². The molecule has 3 nitrogen and oxygen atoms in total. The molecular formula is C14H21N3S. The lowest BCUT2D eigenvalue weighted by Gasteiger charge is -2.21. The Kier molecular flexibility index (Phi) is 6.87. The van der Waals surface area contributed by atoms with Gasteiger partial charge in [0.05, 0.1) is 6.54 Å². The van der Waals surface area contributed by atoms with Crippen LogP contribution in [0.25, 0.3) is 0 Å². The fraction of sp³-hybridized carbons (Fsp3) is 0.357. The Balaban J connectivity index is 2.26. The minimum atomic E-state index is 0.543. The van der Waals surface area contributed by atoms with Crippen LogP contribution in [-0.4, -0.2) is 16.4 Å². The molecular weight excluding hydrogens is 242 g/mol. The van der Waals surface area contributed by atoms with Crippen molar-refractivity contribution in [2.24, 2.45) is 5.92 Å². The Labute approximate surface area is 115 Å². The van der Waals surface area contributed by atoms with Crippen molar-refractivity contribution in [2.45, 2.75) is 20.3 Å². The van der Waals surface area contributed by atoms with Crippen molar-refractivity contribution in [2.75, 3.05) is 6.54 Å². The second-order valence-corrected chi connectivity index (χ2v) is 4.41. The number of rotatable bonds is 6. The maximum atomic E-state index is 5.34. The number of nitrogens with one attached hydrogen (secondary N) is 2. The van der Waals surface area contributed by atoms with E-state index >= 15 is 0 Å². The molecule has 0 aromatic rings. The van der Waals surface area contributed by atoms with Gasteiger partial charge in [0.25, 0.3) is 0 Å². The van der Waals surface area contributed by atoms with Crippen molar-refractivity contribution >= 4 is 17.2 Å². The first kappa shape index (κ1) is 14.5. The monoisotopic (exact) mass is 263 g/mol. The van der Waals surface area contributed by atoms with Crippen LogP contribution in [0.15, 0.2) is 49.2 Å². The summed E-state index contributed by atoms with van der Waals surface area (Å²) in [6, 6.07) is 0. The van der Waals surface area contributed by atoms with E-state index in [1.807, 2.05) is 48.9 Å². The van der Waals surface area contributed by atoms with Crippen molar-refractivity contribution in [3.63, 3.8) is 0 Å². The molecule has 1 aliphatic heterocycles. The van der Waals surface area contributed by atoms with Gasteiger partial charge in [-0.15, -0.1) is 0 Å². The van der Waals surface area contributed by atoms with E-state index in [-0.39, 0.29) is 0 Å². The molecule has 1 aliphatic rings. The van der Waals surface area contributed by atoms with E-state index in [4.69, 9.17) is 12.2 Å². The molecule has 0 amide bonds. The van der Waals surface area contributed by atoms with Crippen LogP contribution in [0.3, 0.4) is 0 Å². The van der Waals surface area contributed by atoms with E-state index in [2.05, 4.69) is 29.7 Å². The maximum absolute atomic E-state index is 5.34. The molecule has 18 heavy (non-hydrogen) atoms. The molecule has 0 aliphatic carbocycles. The highest BCUT2D eigenvalue weighted by Crippen LogP contribution is 2.13. The second-order valence-electron chi connectivity index (χ2n) is 3.94. The van der Waals surface area contributed by atoms with Gasteiger partial charge in [0.2, 0.25) is 0 Å². The van der Waals surface area contributed by atoms with Gasteiger partial charge in [-0.2, -0.15) is 0 Å². The normalized spacial score (nSPS) is 15.8. The van der Waals surface area contributed by atoms with Crippen molar-refractivity contribution in [3.8, 4) is 0 Å². The Bertz CT molecular complexity index is 355. The van der Waals surface area contributed by atoms with Gasteiger partial charge in [0.1, 0.15) is 4.99 Å². The minimum Gasteiger partial charge on any atom is -0.383 e. The van der Waals surface area contributed by atoms with Crippen LogP contribution in [0.4, 0.5) is 0 Å². The Hall–Kier alpha value is -1.55. The zero-order valence-corrected chi connectivity index (χ0v) is 11.8. The fourth-order valence-corrected chi connectivity index (χ4v) is 1.66. The molecule has 0 radical (unpaired) electrons. The molecule has 0 atom stereocenters. The van der Waals surface area contributed by atoms with Crippen molar-refractivity contribution in [1.82, 2.24) is 15.5 Å². The van der Waals surface area contributed by atoms with Gasteiger partial charge in [0, 0.05) is 24.8 Å². The molecule has 0 spiro atoms. The zero-order chi connectivity index (χ0) is 13.2. The van der Waals surface area contributed by atoms with Gasteiger partial charge >= 0.3 is 0 Å². The van der Waals surface area contributed by atoms with Crippen LogP contribution in [0.5, 0.6) is 0 Å². The first-order valence-corrected chi connectivity index (χ1v) is 6.62. The molecule has 0 aromatic heterocycles. The van der Waals surface area contributed by atoms with Gasteiger partial charge in [-0.3, -0.25) is 0 Å². The number of hydrogen-bond donors (Lipinski definition) is 2. The first-order valence-electron chi connectivity index (χ1n) is 6.21. The third kappa shape index (κ3) is 5.19. The Morgan fingerprint density at radius 1 is 1.28 bits per heavy atom. The lowest BCUT2D eigenvalue weighted by atomic mass is 10.1. The molecule has 2 N–H and O–H groups in total. The van der Waals surface area contributed by atoms with Gasteiger partial charge in [-0.25, -0.2) is 0 Å². The molecule has 0 fully saturated rings. The summed E-state index contributed by atoms with van der Waals surface area (Å²) in [6.07, 6.45) is 17.0. The molecule has 0 saturated carbocycles. The Morgan fingerprint density at radius 2 is 2.00 bits per heavy atom. The molecule has 98 valence electrons.